The minimum atomic E-state index is -3.79. The van der Waals surface area contributed by atoms with Gasteiger partial charge in [-0.25, -0.2) is 8.42 Å². The standard InChI is InChI=1S/C22H27BrN2O3S/c1-18-6-12-21(13-7-18)29(27,28)25(16-19-8-10-20(23)11-9-19)17-22(26)24-14-4-2-3-5-15-24/h6-13H,2-5,14-17H2,1H3. The van der Waals surface area contributed by atoms with Gasteiger partial charge in [-0.2, -0.15) is 4.31 Å². The topological polar surface area (TPSA) is 57.7 Å². The lowest BCUT2D eigenvalue weighted by molar-refractivity contribution is -0.131. The van der Waals surface area contributed by atoms with Crippen molar-refractivity contribution in [3.63, 3.8) is 0 Å². The molecule has 1 aliphatic rings. The molecule has 2 aromatic rings. The first-order valence-electron chi connectivity index (χ1n) is 9.95. The van der Waals surface area contributed by atoms with Crippen LogP contribution in [-0.4, -0.2) is 43.2 Å². The Labute approximate surface area is 181 Å². The molecule has 0 unspecified atom stereocenters. The number of nitrogens with zero attached hydrogens (tertiary/aromatic N) is 2. The molecule has 156 valence electrons. The lowest BCUT2D eigenvalue weighted by Gasteiger charge is -2.26. The summed E-state index contributed by atoms with van der Waals surface area (Å²) in [5, 5.41) is 0. The van der Waals surface area contributed by atoms with E-state index in [-0.39, 0.29) is 23.9 Å². The van der Waals surface area contributed by atoms with Crippen LogP contribution in [0.2, 0.25) is 0 Å². The lowest BCUT2D eigenvalue weighted by atomic mass is 10.2. The van der Waals surface area contributed by atoms with Crippen LogP contribution >= 0.6 is 15.9 Å². The maximum absolute atomic E-state index is 13.3. The molecular weight excluding hydrogens is 452 g/mol. The van der Waals surface area contributed by atoms with E-state index in [1.165, 1.54) is 4.31 Å². The number of benzene rings is 2. The number of hydrogen-bond acceptors (Lipinski definition) is 3. The summed E-state index contributed by atoms with van der Waals surface area (Å²) >= 11 is 3.40. The third kappa shape index (κ3) is 5.90. The zero-order valence-corrected chi connectivity index (χ0v) is 19.1. The van der Waals surface area contributed by atoms with Gasteiger partial charge in [0.2, 0.25) is 15.9 Å². The Morgan fingerprint density at radius 1 is 0.966 bits per heavy atom. The van der Waals surface area contributed by atoms with Crippen LogP contribution in [0.15, 0.2) is 57.9 Å². The zero-order valence-electron chi connectivity index (χ0n) is 16.7. The highest BCUT2D eigenvalue weighted by Crippen LogP contribution is 2.21. The molecule has 0 atom stereocenters. The van der Waals surface area contributed by atoms with Gasteiger partial charge in [0.1, 0.15) is 0 Å². The molecule has 0 N–H and O–H groups in total. The molecule has 0 aliphatic carbocycles. The fraction of sp³-hybridized carbons (Fsp3) is 0.409. The van der Waals surface area contributed by atoms with Crippen LogP contribution in [0.1, 0.15) is 36.8 Å². The van der Waals surface area contributed by atoms with Gasteiger partial charge < -0.3 is 4.90 Å². The summed E-state index contributed by atoms with van der Waals surface area (Å²) in [6.45, 7) is 3.33. The second-order valence-electron chi connectivity index (χ2n) is 7.51. The van der Waals surface area contributed by atoms with Crippen LogP contribution < -0.4 is 0 Å². The average Bonchev–Trinajstić information content (AvgIpc) is 2.99. The Morgan fingerprint density at radius 3 is 2.14 bits per heavy atom. The van der Waals surface area contributed by atoms with Gasteiger partial charge in [0.05, 0.1) is 11.4 Å². The first-order valence-corrected chi connectivity index (χ1v) is 12.2. The van der Waals surface area contributed by atoms with Gasteiger partial charge in [0.25, 0.3) is 0 Å². The number of carbonyl (C=O) groups excluding carboxylic acids is 1. The first-order chi connectivity index (χ1) is 13.9. The van der Waals surface area contributed by atoms with E-state index >= 15 is 0 Å². The molecule has 0 aromatic heterocycles. The predicted molar refractivity (Wildman–Crippen MR) is 118 cm³/mol. The van der Waals surface area contributed by atoms with Crippen LogP contribution in [-0.2, 0) is 21.4 Å². The first kappa shape index (κ1) is 22.0. The van der Waals surface area contributed by atoms with Gasteiger partial charge in [-0.3, -0.25) is 4.79 Å². The quantitative estimate of drug-likeness (QED) is 0.619. The smallest absolute Gasteiger partial charge is 0.243 e. The highest BCUT2D eigenvalue weighted by Gasteiger charge is 2.29. The van der Waals surface area contributed by atoms with Crippen molar-refractivity contribution in [1.82, 2.24) is 9.21 Å². The van der Waals surface area contributed by atoms with Crippen molar-refractivity contribution in [3.05, 3.63) is 64.1 Å². The van der Waals surface area contributed by atoms with E-state index in [9.17, 15) is 13.2 Å². The molecule has 0 saturated carbocycles. The van der Waals surface area contributed by atoms with E-state index in [0.717, 1.165) is 41.3 Å². The molecule has 2 aromatic carbocycles. The molecule has 29 heavy (non-hydrogen) atoms. The van der Waals surface area contributed by atoms with E-state index in [1.54, 1.807) is 24.3 Å². The number of likely N-dealkylation sites (tertiary alicyclic amines) is 1. The van der Waals surface area contributed by atoms with Gasteiger partial charge in [0, 0.05) is 24.1 Å². The summed E-state index contributed by atoms with van der Waals surface area (Å²) in [4.78, 5) is 15.0. The number of amides is 1. The van der Waals surface area contributed by atoms with Gasteiger partial charge in [-0.15, -0.1) is 0 Å². The highest BCUT2D eigenvalue weighted by molar-refractivity contribution is 9.10. The summed E-state index contributed by atoms with van der Waals surface area (Å²) in [6, 6.07) is 14.3. The maximum Gasteiger partial charge on any atom is 0.243 e. The van der Waals surface area contributed by atoms with E-state index in [2.05, 4.69) is 15.9 Å². The molecule has 7 heteroatoms. The molecule has 1 aliphatic heterocycles. The molecule has 0 radical (unpaired) electrons. The zero-order chi connectivity index (χ0) is 20.9. The van der Waals surface area contributed by atoms with E-state index in [0.29, 0.717) is 13.1 Å². The molecule has 3 rings (SSSR count). The predicted octanol–water partition coefficient (Wildman–Crippen LogP) is 4.35. The van der Waals surface area contributed by atoms with Gasteiger partial charge in [0.15, 0.2) is 0 Å². The summed E-state index contributed by atoms with van der Waals surface area (Å²) < 4.78 is 28.9. The number of carbonyl (C=O) groups is 1. The molecular formula is C22H27BrN2O3S. The van der Waals surface area contributed by atoms with Crippen molar-refractivity contribution in [1.29, 1.82) is 0 Å². The van der Waals surface area contributed by atoms with Crippen molar-refractivity contribution in [2.45, 2.75) is 44.0 Å². The van der Waals surface area contributed by atoms with Crippen molar-refractivity contribution < 1.29 is 13.2 Å². The van der Waals surface area contributed by atoms with Gasteiger partial charge in [-0.1, -0.05) is 58.6 Å². The normalized spacial score (nSPS) is 15.3. The summed E-state index contributed by atoms with van der Waals surface area (Å²) in [6.07, 6.45) is 4.19. The number of aryl methyl sites for hydroxylation is 1. The van der Waals surface area contributed by atoms with Crippen molar-refractivity contribution in [3.8, 4) is 0 Å². The minimum Gasteiger partial charge on any atom is -0.342 e. The largest absolute Gasteiger partial charge is 0.342 e. The second-order valence-corrected chi connectivity index (χ2v) is 10.4. The van der Waals surface area contributed by atoms with Crippen molar-refractivity contribution in [2.24, 2.45) is 0 Å². The Kier molecular flexibility index (Phi) is 7.49. The van der Waals surface area contributed by atoms with Crippen LogP contribution in [0.3, 0.4) is 0 Å². The van der Waals surface area contributed by atoms with Crippen molar-refractivity contribution in [2.75, 3.05) is 19.6 Å². The number of sulfonamides is 1. The number of rotatable bonds is 6. The Bertz CT molecular complexity index is 920. The maximum atomic E-state index is 13.3. The van der Waals surface area contributed by atoms with Gasteiger partial charge >= 0.3 is 0 Å². The monoisotopic (exact) mass is 478 g/mol. The van der Waals surface area contributed by atoms with E-state index in [1.807, 2.05) is 36.1 Å². The summed E-state index contributed by atoms with van der Waals surface area (Å²) in [5.74, 6) is -0.125. The van der Waals surface area contributed by atoms with Gasteiger partial charge in [-0.05, 0) is 49.6 Å². The van der Waals surface area contributed by atoms with E-state index in [4.69, 9.17) is 0 Å². The minimum absolute atomic E-state index is 0.125. The average molecular weight is 479 g/mol. The Morgan fingerprint density at radius 2 is 1.55 bits per heavy atom. The molecule has 1 amide bonds. The second kappa shape index (κ2) is 9.87. The molecule has 0 spiro atoms. The molecule has 1 saturated heterocycles. The van der Waals surface area contributed by atoms with E-state index < -0.39 is 10.0 Å². The Balaban J connectivity index is 1.86. The number of hydrogen-bond donors (Lipinski definition) is 0. The SMILES string of the molecule is Cc1ccc(S(=O)(=O)N(CC(=O)N2CCCCCC2)Cc2ccc(Br)cc2)cc1. The summed E-state index contributed by atoms with van der Waals surface area (Å²) in [5.41, 5.74) is 1.83. The molecule has 1 heterocycles. The van der Waals surface area contributed by atoms with Crippen molar-refractivity contribution >= 4 is 31.9 Å². The van der Waals surface area contributed by atoms with Crippen LogP contribution in [0.4, 0.5) is 0 Å². The fourth-order valence-electron chi connectivity index (χ4n) is 3.45. The molecule has 0 bridgehead atoms. The van der Waals surface area contributed by atoms with Crippen LogP contribution in [0.25, 0.3) is 0 Å². The third-order valence-electron chi connectivity index (χ3n) is 5.20. The highest BCUT2D eigenvalue weighted by atomic mass is 79.9. The summed E-state index contributed by atoms with van der Waals surface area (Å²) in [7, 11) is -3.79. The lowest BCUT2D eigenvalue weighted by Crippen LogP contribution is -2.43. The number of halogens is 1. The molecule has 5 nitrogen and oxygen atoms in total. The Hall–Kier alpha value is -1.70. The molecule has 1 fully saturated rings. The fourth-order valence-corrected chi connectivity index (χ4v) is 5.09. The van der Waals surface area contributed by atoms with Crippen LogP contribution in [0, 0.1) is 6.92 Å². The third-order valence-corrected chi connectivity index (χ3v) is 7.54. The van der Waals surface area contributed by atoms with Crippen LogP contribution in [0.5, 0.6) is 0 Å².